The number of fused-ring (bicyclic) bond motifs is 1. The number of aryl methyl sites for hydroxylation is 1. The highest BCUT2D eigenvalue weighted by atomic mass is 35.5. The van der Waals surface area contributed by atoms with Crippen molar-refractivity contribution in [3.05, 3.63) is 23.1 Å². The van der Waals surface area contributed by atoms with Crippen molar-refractivity contribution in [2.24, 2.45) is 0 Å². The Labute approximate surface area is 115 Å². The maximum atomic E-state index is 6.13. The largest absolute Gasteiger partial charge is 0.493 e. The van der Waals surface area contributed by atoms with Crippen LogP contribution in [0, 0.1) is 0 Å². The summed E-state index contributed by atoms with van der Waals surface area (Å²) >= 11 is 11.8. The van der Waals surface area contributed by atoms with Gasteiger partial charge in [-0.2, -0.15) is 0 Å². The molecular formula is C12H12Cl2N2O2. The molecule has 2 aromatic rings. The fourth-order valence-corrected chi connectivity index (χ4v) is 2.08. The average molecular weight is 287 g/mol. The highest BCUT2D eigenvalue weighted by Crippen LogP contribution is 2.33. The molecule has 0 atom stereocenters. The van der Waals surface area contributed by atoms with E-state index in [1.807, 2.05) is 0 Å². The summed E-state index contributed by atoms with van der Waals surface area (Å²) in [5, 5.41) is 1.12. The summed E-state index contributed by atoms with van der Waals surface area (Å²) in [5.41, 5.74) is 0.716. The van der Waals surface area contributed by atoms with Crippen LogP contribution in [-0.4, -0.2) is 30.1 Å². The van der Waals surface area contributed by atoms with E-state index in [0.717, 1.165) is 5.39 Å². The first kappa shape index (κ1) is 13.2. The fraction of sp³-hybridized carbons (Fsp3) is 0.333. The Balaban J connectivity index is 2.64. The van der Waals surface area contributed by atoms with Gasteiger partial charge in [-0.05, 0) is 6.07 Å². The molecule has 96 valence electrons. The molecule has 1 heterocycles. The minimum absolute atomic E-state index is 0.390. The van der Waals surface area contributed by atoms with E-state index in [1.165, 1.54) is 0 Å². The molecule has 0 unspecified atom stereocenters. The average Bonchev–Trinajstić information content (AvgIpc) is 2.37. The maximum Gasteiger partial charge on any atom is 0.162 e. The van der Waals surface area contributed by atoms with Crippen LogP contribution in [0.15, 0.2) is 12.1 Å². The van der Waals surface area contributed by atoms with E-state index >= 15 is 0 Å². The summed E-state index contributed by atoms with van der Waals surface area (Å²) in [7, 11) is 3.15. The number of halogens is 2. The Bertz CT molecular complexity index is 575. The second-order valence-electron chi connectivity index (χ2n) is 3.59. The Morgan fingerprint density at radius 3 is 2.39 bits per heavy atom. The lowest BCUT2D eigenvalue weighted by molar-refractivity contribution is 0.355. The predicted octanol–water partition coefficient (Wildman–Crippen LogP) is 3.08. The summed E-state index contributed by atoms with van der Waals surface area (Å²) in [4.78, 5) is 8.59. The van der Waals surface area contributed by atoms with Gasteiger partial charge in [0.1, 0.15) is 11.0 Å². The lowest BCUT2D eigenvalue weighted by Crippen LogP contribution is -1.99. The Morgan fingerprint density at radius 2 is 1.78 bits per heavy atom. The summed E-state index contributed by atoms with van der Waals surface area (Å²) in [5.74, 6) is 2.28. The van der Waals surface area contributed by atoms with Gasteiger partial charge >= 0.3 is 0 Å². The lowest BCUT2D eigenvalue weighted by atomic mass is 10.2. The van der Waals surface area contributed by atoms with Gasteiger partial charge in [0.15, 0.2) is 11.5 Å². The number of ether oxygens (including phenoxy) is 2. The van der Waals surface area contributed by atoms with Crippen molar-refractivity contribution in [1.29, 1.82) is 0 Å². The van der Waals surface area contributed by atoms with Crippen LogP contribution in [0.2, 0.25) is 5.15 Å². The Morgan fingerprint density at radius 1 is 1.11 bits per heavy atom. The van der Waals surface area contributed by atoms with Crippen LogP contribution < -0.4 is 9.47 Å². The van der Waals surface area contributed by atoms with Crippen molar-refractivity contribution < 1.29 is 9.47 Å². The van der Waals surface area contributed by atoms with E-state index in [2.05, 4.69) is 9.97 Å². The zero-order chi connectivity index (χ0) is 13.1. The molecule has 0 spiro atoms. The molecule has 0 N–H and O–H groups in total. The highest BCUT2D eigenvalue weighted by Gasteiger charge is 2.11. The topological polar surface area (TPSA) is 44.2 Å². The van der Waals surface area contributed by atoms with Gasteiger partial charge < -0.3 is 9.47 Å². The zero-order valence-corrected chi connectivity index (χ0v) is 11.5. The third-order valence-corrected chi connectivity index (χ3v) is 3.00. The van der Waals surface area contributed by atoms with Crippen LogP contribution in [0.3, 0.4) is 0 Å². The van der Waals surface area contributed by atoms with Gasteiger partial charge in [0, 0.05) is 23.8 Å². The molecule has 0 aliphatic carbocycles. The van der Waals surface area contributed by atoms with Gasteiger partial charge in [0.2, 0.25) is 0 Å². The normalized spacial score (nSPS) is 10.7. The molecule has 4 nitrogen and oxygen atoms in total. The second kappa shape index (κ2) is 5.59. The molecule has 2 rings (SSSR count). The molecule has 0 amide bonds. The number of nitrogens with zero attached hydrogens (tertiary/aromatic N) is 2. The molecule has 0 aliphatic rings. The van der Waals surface area contributed by atoms with E-state index in [9.17, 15) is 0 Å². The molecule has 1 aromatic carbocycles. The molecular weight excluding hydrogens is 275 g/mol. The number of aromatic nitrogens is 2. The summed E-state index contributed by atoms with van der Waals surface area (Å²) in [6, 6.07) is 3.54. The fourth-order valence-electron chi connectivity index (χ4n) is 1.66. The van der Waals surface area contributed by atoms with E-state index in [0.29, 0.717) is 40.3 Å². The van der Waals surface area contributed by atoms with E-state index < -0.39 is 0 Å². The number of alkyl halides is 1. The molecule has 0 bridgehead atoms. The molecule has 0 saturated heterocycles. The predicted molar refractivity (Wildman–Crippen MR) is 72.1 cm³/mol. The van der Waals surface area contributed by atoms with Crippen LogP contribution >= 0.6 is 23.2 Å². The van der Waals surface area contributed by atoms with Crippen molar-refractivity contribution in [1.82, 2.24) is 9.97 Å². The summed E-state index contributed by atoms with van der Waals surface area (Å²) < 4.78 is 10.4. The van der Waals surface area contributed by atoms with Crippen LogP contribution in [0.25, 0.3) is 10.9 Å². The van der Waals surface area contributed by atoms with Crippen LogP contribution in [-0.2, 0) is 6.42 Å². The number of methoxy groups -OCH3 is 2. The molecule has 0 radical (unpaired) electrons. The smallest absolute Gasteiger partial charge is 0.162 e. The molecule has 18 heavy (non-hydrogen) atoms. The zero-order valence-electron chi connectivity index (χ0n) is 10.0. The monoisotopic (exact) mass is 286 g/mol. The van der Waals surface area contributed by atoms with Gasteiger partial charge in [-0.25, -0.2) is 9.97 Å². The summed E-state index contributed by atoms with van der Waals surface area (Å²) in [6.07, 6.45) is 0.575. The minimum Gasteiger partial charge on any atom is -0.493 e. The third kappa shape index (κ3) is 2.44. The number of hydrogen-bond donors (Lipinski definition) is 0. The van der Waals surface area contributed by atoms with Gasteiger partial charge in [0.05, 0.1) is 19.7 Å². The van der Waals surface area contributed by atoms with Crippen molar-refractivity contribution in [2.45, 2.75) is 6.42 Å². The minimum atomic E-state index is 0.390. The van der Waals surface area contributed by atoms with E-state index in [-0.39, 0.29) is 0 Å². The van der Waals surface area contributed by atoms with Crippen LogP contribution in [0.1, 0.15) is 5.82 Å². The first-order chi connectivity index (χ1) is 8.69. The Hall–Kier alpha value is -1.26. The van der Waals surface area contributed by atoms with Crippen LogP contribution in [0.5, 0.6) is 11.5 Å². The SMILES string of the molecule is COc1cc2nc(CCCl)nc(Cl)c2cc1OC. The molecule has 0 saturated carbocycles. The van der Waals surface area contributed by atoms with E-state index in [4.69, 9.17) is 32.7 Å². The van der Waals surface area contributed by atoms with Gasteiger partial charge in [-0.15, -0.1) is 11.6 Å². The van der Waals surface area contributed by atoms with Gasteiger partial charge in [-0.1, -0.05) is 11.6 Å². The molecule has 0 fully saturated rings. The quantitative estimate of drug-likeness (QED) is 0.640. The summed E-state index contributed by atoms with van der Waals surface area (Å²) in [6.45, 7) is 0. The highest BCUT2D eigenvalue weighted by molar-refractivity contribution is 6.34. The first-order valence-electron chi connectivity index (χ1n) is 5.33. The third-order valence-electron chi connectivity index (χ3n) is 2.52. The van der Waals surface area contributed by atoms with Crippen molar-refractivity contribution >= 4 is 34.1 Å². The Kier molecular flexibility index (Phi) is 4.09. The van der Waals surface area contributed by atoms with Crippen molar-refractivity contribution in [2.75, 3.05) is 20.1 Å². The maximum absolute atomic E-state index is 6.13. The molecule has 1 aromatic heterocycles. The number of rotatable bonds is 4. The standard InChI is InChI=1S/C12H12Cl2N2O2/c1-17-9-5-7-8(6-10(9)18-2)15-11(3-4-13)16-12(7)14/h5-6H,3-4H2,1-2H3. The number of benzene rings is 1. The molecule has 0 aliphatic heterocycles. The second-order valence-corrected chi connectivity index (χ2v) is 4.33. The first-order valence-corrected chi connectivity index (χ1v) is 6.25. The van der Waals surface area contributed by atoms with Crippen LogP contribution in [0.4, 0.5) is 0 Å². The van der Waals surface area contributed by atoms with Gasteiger partial charge in [0.25, 0.3) is 0 Å². The van der Waals surface area contributed by atoms with E-state index in [1.54, 1.807) is 26.4 Å². The van der Waals surface area contributed by atoms with Crippen molar-refractivity contribution in [3.8, 4) is 11.5 Å². The molecule has 6 heteroatoms. The number of hydrogen-bond acceptors (Lipinski definition) is 4. The van der Waals surface area contributed by atoms with Gasteiger partial charge in [-0.3, -0.25) is 0 Å². The van der Waals surface area contributed by atoms with Crippen molar-refractivity contribution in [3.63, 3.8) is 0 Å². The lowest BCUT2D eigenvalue weighted by Gasteiger charge is -2.10.